The SMILES string of the molecule is COC[C@H]1SC(N)=N[C@](C)(c2cc([N+](=O)[O-])ccc2F)[C@H]1F. The minimum atomic E-state index is -1.64. The standard InChI is InChI=1S/C13H15F2N3O3S/c1-13(8-5-7(18(19)20)3-4-9(8)14)11(15)10(6-21-2)22-12(16)17-13/h3-5,10-11H,6H2,1-2H3,(H2,16,17)/t10-,11+,13-/m1/s1. The highest BCUT2D eigenvalue weighted by molar-refractivity contribution is 8.14. The van der Waals surface area contributed by atoms with Gasteiger partial charge in [-0.3, -0.25) is 10.1 Å². The maximum atomic E-state index is 14.9. The second-order valence-corrected chi connectivity index (χ2v) is 6.29. The van der Waals surface area contributed by atoms with E-state index in [-0.39, 0.29) is 23.0 Å². The number of nitrogens with zero attached hydrogens (tertiary/aromatic N) is 2. The summed E-state index contributed by atoms with van der Waals surface area (Å²) in [6.45, 7) is 1.43. The van der Waals surface area contributed by atoms with Crippen molar-refractivity contribution >= 4 is 22.6 Å². The Bertz CT molecular complexity index is 629. The molecule has 0 spiro atoms. The van der Waals surface area contributed by atoms with Gasteiger partial charge in [-0.05, 0) is 13.0 Å². The van der Waals surface area contributed by atoms with Crippen molar-refractivity contribution in [2.75, 3.05) is 13.7 Å². The average Bonchev–Trinajstić information content (AvgIpc) is 2.44. The van der Waals surface area contributed by atoms with Crippen molar-refractivity contribution in [2.45, 2.75) is 23.9 Å². The van der Waals surface area contributed by atoms with Gasteiger partial charge in [0.2, 0.25) is 0 Å². The first-order chi connectivity index (χ1) is 10.3. The summed E-state index contributed by atoms with van der Waals surface area (Å²) in [7, 11) is 1.42. The van der Waals surface area contributed by atoms with Crippen LogP contribution in [0.4, 0.5) is 14.5 Å². The summed E-state index contributed by atoms with van der Waals surface area (Å²) in [6.07, 6.45) is -1.61. The minimum Gasteiger partial charge on any atom is -0.383 e. The van der Waals surface area contributed by atoms with E-state index in [1.165, 1.54) is 14.0 Å². The molecule has 1 aliphatic rings. The highest BCUT2D eigenvalue weighted by Crippen LogP contribution is 2.43. The maximum Gasteiger partial charge on any atom is 0.270 e. The van der Waals surface area contributed by atoms with Crippen molar-refractivity contribution in [3.8, 4) is 0 Å². The summed E-state index contributed by atoms with van der Waals surface area (Å²) >= 11 is 1.00. The van der Waals surface area contributed by atoms with Crippen LogP contribution in [0.1, 0.15) is 12.5 Å². The van der Waals surface area contributed by atoms with E-state index >= 15 is 0 Å². The summed E-state index contributed by atoms with van der Waals surface area (Å²) in [5, 5.41) is 10.3. The third-order valence-corrected chi connectivity index (χ3v) is 4.53. The molecule has 3 atom stereocenters. The van der Waals surface area contributed by atoms with Crippen LogP contribution in [0.15, 0.2) is 23.2 Å². The molecular formula is C13H15F2N3O3S. The topological polar surface area (TPSA) is 90.8 Å². The van der Waals surface area contributed by atoms with Gasteiger partial charge in [-0.2, -0.15) is 0 Å². The molecule has 0 aliphatic carbocycles. The van der Waals surface area contributed by atoms with Crippen LogP contribution in [0.25, 0.3) is 0 Å². The molecule has 1 aromatic carbocycles. The van der Waals surface area contributed by atoms with Crippen LogP contribution < -0.4 is 5.73 Å². The number of nitro benzene ring substituents is 1. The first-order valence-corrected chi connectivity index (χ1v) is 7.27. The normalized spacial score (nSPS) is 28.3. The lowest BCUT2D eigenvalue weighted by molar-refractivity contribution is -0.385. The number of alkyl halides is 1. The van der Waals surface area contributed by atoms with Crippen LogP contribution >= 0.6 is 11.8 Å². The van der Waals surface area contributed by atoms with Gasteiger partial charge in [-0.25, -0.2) is 13.8 Å². The zero-order valence-corrected chi connectivity index (χ0v) is 12.8. The van der Waals surface area contributed by atoms with E-state index in [0.717, 1.165) is 30.0 Å². The van der Waals surface area contributed by atoms with E-state index in [9.17, 15) is 18.9 Å². The first kappa shape index (κ1) is 16.6. The summed E-state index contributed by atoms with van der Waals surface area (Å²) < 4.78 is 33.9. The number of nitro groups is 1. The highest BCUT2D eigenvalue weighted by Gasteiger charge is 2.47. The predicted molar refractivity (Wildman–Crippen MR) is 80.2 cm³/mol. The molecule has 0 unspecified atom stereocenters. The van der Waals surface area contributed by atoms with E-state index in [4.69, 9.17) is 10.5 Å². The number of hydrogen-bond donors (Lipinski definition) is 1. The van der Waals surface area contributed by atoms with E-state index in [1.54, 1.807) is 0 Å². The van der Waals surface area contributed by atoms with Gasteiger partial charge >= 0.3 is 0 Å². The molecule has 120 valence electrons. The number of rotatable bonds is 4. The lowest BCUT2D eigenvalue weighted by atomic mass is 9.85. The summed E-state index contributed by atoms with van der Waals surface area (Å²) in [4.78, 5) is 14.2. The summed E-state index contributed by atoms with van der Waals surface area (Å²) in [6, 6.07) is 2.95. The van der Waals surface area contributed by atoms with Crippen LogP contribution in [0.2, 0.25) is 0 Å². The Morgan fingerprint density at radius 1 is 1.59 bits per heavy atom. The zero-order valence-electron chi connectivity index (χ0n) is 12.0. The van der Waals surface area contributed by atoms with Crippen LogP contribution in [-0.4, -0.2) is 35.2 Å². The third kappa shape index (κ3) is 2.91. The molecule has 0 amide bonds. The fourth-order valence-electron chi connectivity index (χ4n) is 2.40. The predicted octanol–water partition coefficient (Wildman–Crippen LogP) is 2.36. The fraction of sp³-hybridized carbons (Fsp3) is 0.462. The van der Waals surface area contributed by atoms with Gasteiger partial charge in [0, 0.05) is 24.8 Å². The number of methoxy groups -OCH3 is 1. The van der Waals surface area contributed by atoms with Crippen LogP contribution in [0, 0.1) is 15.9 Å². The second kappa shape index (κ2) is 6.17. The quantitative estimate of drug-likeness (QED) is 0.675. The Hall–Kier alpha value is -1.74. The first-order valence-electron chi connectivity index (χ1n) is 6.39. The van der Waals surface area contributed by atoms with E-state index in [0.29, 0.717) is 0 Å². The lowest BCUT2D eigenvalue weighted by Gasteiger charge is -2.37. The van der Waals surface area contributed by atoms with Crippen LogP contribution in [-0.2, 0) is 10.3 Å². The van der Waals surface area contributed by atoms with Crippen molar-refractivity contribution < 1.29 is 18.4 Å². The maximum absolute atomic E-state index is 14.9. The molecular weight excluding hydrogens is 316 g/mol. The molecule has 0 radical (unpaired) electrons. The van der Waals surface area contributed by atoms with E-state index in [2.05, 4.69) is 4.99 Å². The number of ether oxygens (including phenoxy) is 1. The molecule has 1 aliphatic heterocycles. The van der Waals surface area contributed by atoms with Crippen LogP contribution in [0.5, 0.6) is 0 Å². The number of non-ortho nitro benzene ring substituents is 1. The van der Waals surface area contributed by atoms with Gasteiger partial charge in [0.1, 0.15) is 17.5 Å². The average molecular weight is 331 g/mol. The highest BCUT2D eigenvalue weighted by atomic mass is 32.2. The Labute approximate surface area is 129 Å². The summed E-state index contributed by atoms with van der Waals surface area (Å²) in [5.41, 5.74) is 3.54. The third-order valence-electron chi connectivity index (χ3n) is 3.51. The largest absolute Gasteiger partial charge is 0.383 e. The molecule has 0 aromatic heterocycles. The van der Waals surface area contributed by atoms with E-state index < -0.39 is 27.7 Å². The van der Waals surface area contributed by atoms with Gasteiger partial charge in [0.15, 0.2) is 5.17 Å². The summed E-state index contributed by atoms with van der Waals surface area (Å²) in [5.74, 6) is -0.768. The number of benzene rings is 1. The molecule has 0 saturated carbocycles. The fourth-order valence-corrected chi connectivity index (χ4v) is 3.54. The zero-order chi connectivity index (χ0) is 16.5. The Morgan fingerprint density at radius 3 is 2.86 bits per heavy atom. The van der Waals surface area contributed by atoms with Crippen molar-refractivity contribution in [3.63, 3.8) is 0 Å². The Balaban J connectivity index is 2.55. The number of halogens is 2. The number of aliphatic imine (C=N–C) groups is 1. The molecule has 1 aromatic rings. The van der Waals surface area contributed by atoms with Crippen molar-refractivity contribution in [1.29, 1.82) is 0 Å². The lowest BCUT2D eigenvalue weighted by Crippen LogP contribution is -2.47. The van der Waals surface area contributed by atoms with Crippen molar-refractivity contribution in [2.24, 2.45) is 10.7 Å². The van der Waals surface area contributed by atoms with Gasteiger partial charge in [-0.1, -0.05) is 11.8 Å². The molecule has 2 rings (SSSR count). The van der Waals surface area contributed by atoms with Gasteiger partial charge in [0.05, 0.1) is 16.8 Å². The smallest absolute Gasteiger partial charge is 0.270 e. The second-order valence-electron chi connectivity index (χ2n) is 5.03. The number of nitrogens with two attached hydrogens (primary N) is 1. The Morgan fingerprint density at radius 2 is 2.27 bits per heavy atom. The number of hydrogen-bond acceptors (Lipinski definition) is 6. The molecule has 9 heteroatoms. The number of amidine groups is 1. The van der Waals surface area contributed by atoms with Crippen molar-refractivity contribution in [3.05, 3.63) is 39.7 Å². The van der Waals surface area contributed by atoms with Crippen molar-refractivity contribution in [1.82, 2.24) is 0 Å². The molecule has 0 saturated heterocycles. The number of thioether (sulfide) groups is 1. The monoisotopic (exact) mass is 331 g/mol. The molecule has 6 nitrogen and oxygen atoms in total. The van der Waals surface area contributed by atoms with E-state index in [1.807, 2.05) is 0 Å². The Kier molecular flexibility index (Phi) is 4.66. The van der Waals surface area contributed by atoms with Gasteiger partial charge in [-0.15, -0.1) is 0 Å². The molecule has 0 bridgehead atoms. The van der Waals surface area contributed by atoms with Gasteiger partial charge in [0.25, 0.3) is 5.69 Å². The van der Waals surface area contributed by atoms with Crippen LogP contribution in [0.3, 0.4) is 0 Å². The minimum absolute atomic E-state index is 0.0637. The molecule has 0 fully saturated rings. The molecule has 2 N–H and O–H groups in total. The van der Waals surface area contributed by atoms with Gasteiger partial charge < -0.3 is 10.5 Å². The molecule has 22 heavy (non-hydrogen) atoms. The molecule has 1 heterocycles.